The summed E-state index contributed by atoms with van der Waals surface area (Å²) in [6.45, 7) is 6.96. The number of aliphatic carboxylic acids is 1. The summed E-state index contributed by atoms with van der Waals surface area (Å²) in [4.78, 5) is 51.2. The lowest BCUT2D eigenvalue weighted by Crippen LogP contribution is -2.52. The third-order valence-corrected chi connectivity index (χ3v) is 6.59. The Labute approximate surface area is 205 Å². The van der Waals surface area contributed by atoms with Crippen LogP contribution in [0.2, 0.25) is 0 Å². The molecule has 3 atom stereocenters. The first-order valence-corrected chi connectivity index (χ1v) is 12.5. The van der Waals surface area contributed by atoms with E-state index in [1.54, 1.807) is 62.9 Å². The first kappa shape index (κ1) is 27.5. The van der Waals surface area contributed by atoms with E-state index in [9.17, 15) is 24.3 Å². The van der Waals surface area contributed by atoms with Gasteiger partial charge >= 0.3 is 18.0 Å². The summed E-state index contributed by atoms with van der Waals surface area (Å²) in [6.07, 6.45) is 2.62. The smallest absolute Gasteiger partial charge is 0.330 e. The number of hydrogen-bond donors (Lipinski definition) is 3. The van der Waals surface area contributed by atoms with E-state index >= 15 is 0 Å². The first-order chi connectivity index (χ1) is 16.0. The minimum atomic E-state index is -1.06. The standard InChI is InChI=1S/C24H35N3O6S/c1-5-6-12-20-27(18(15-34-20)22(31)33-24(2,3)4)19(28)14-26-23(32)25-13-17(21(29)30)16-10-8-7-9-11-16/h7-11,17-18,20H,5-6,12-15H2,1-4H3,(H,29,30)(H2,25,26,32)/t17?,18-,20?/m0/s1. The van der Waals surface area contributed by atoms with E-state index < -0.39 is 35.5 Å². The van der Waals surface area contributed by atoms with Crippen LogP contribution in [-0.2, 0) is 19.1 Å². The number of amides is 3. The number of thioether (sulfide) groups is 1. The van der Waals surface area contributed by atoms with Gasteiger partial charge in [-0.3, -0.25) is 9.59 Å². The molecule has 0 saturated carbocycles. The van der Waals surface area contributed by atoms with Crippen LogP contribution in [0, 0.1) is 0 Å². The fourth-order valence-electron chi connectivity index (χ4n) is 3.59. The van der Waals surface area contributed by atoms with Crippen molar-refractivity contribution in [3.8, 4) is 0 Å². The SMILES string of the molecule is CCCCC1SC[C@@H](C(=O)OC(C)(C)C)N1C(=O)CNC(=O)NCC(C(=O)O)c1ccccc1. The van der Waals surface area contributed by atoms with Crippen LogP contribution < -0.4 is 10.6 Å². The fraction of sp³-hybridized carbons (Fsp3) is 0.583. The molecule has 34 heavy (non-hydrogen) atoms. The van der Waals surface area contributed by atoms with Crippen molar-refractivity contribution in [1.29, 1.82) is 0 Å². The Bertz CT molecular complexity index is 858. The Morgan fingerprint density at radius 2 is 1.85 bits per heavy atom. The van der Waals surface area contributed by atoms with Crippen molar-refractivity contribution < 1.29 is 29.0 Å². The molecule has 0 spiro atoms. The van der Waals surface area contributed by atoms with Crippen molar-refractivity contribution in [3.63, 3.8) is 0 Å². The van der Waals surface area contributed by atoms with Crippen molar-refractivity contribution in [2.24, 2.45) is 0 Å². The lowest BCUT2D eigenvalue weighted by atomic mass is 9.99. The van der Waals surface area contributed by atoms with Crippen LogP contribution in [0.15, 0.2) is 30.3 Å². The normalized spacial score (nSPS) is 18.8. The molecule has 0 bridgehead atoms. The number of carbonyl (C=O) groups excluding carboxylic acids is 3. The van der Waals surface area contributed by atoms with Gasteiger partial charge in [0, 0.05) is 12.3 Å². The number of nitrogens with zero attached hydrogens (tertiary/aromatic N) is 1. The van der Waals surface area contributed by atoms with E-state index in [0.29, 0.717) is 11.3 Å². The molecule has 0 radical (unpaired) electrons. The summed E-state index contributed by atoms with van der Waals surface area (Å²) < 4.78 is 5.51. The van der Waals surface area contributed by atoms with Crippen molar-refractivity contribution >= 4 is 35.6 Å². The molecular formula is C24H35N3O6S. The van der Waals surface area contributed by atoms with Crippen LogP contribution in [-0.4, -0.2) is 69.7 Å². The van der Waals surface area contributed by atoms with Gasteiger partial charge in [-0.25, -0.2) is 9.59 Å². The summed E-state index contributed by atoms with van der Waals surface area (Å²) in [5, 5.41) is 14.3. The van der Waals surface area contributed by atoms with Gasteiger partial charge in [0.25, 0.3) is 0 Å². The Balaban J connectivity index is 1.97. The number of esters is 1. The summed E-state index contributed by atoms with van der Waals surface area (Å²) in [7, 11) is 0. The molecule has 0 aliphatic carbocycles. The van der Waals surface area contributed by atoms with E-state index in [1.165, 1.54) is 4.90 Å². The number of rotatable bonds is 10. The highest BCUT2D eigenvalue weighted by Crippen LogP contribution is 2.33. The number of carboxylic acids is 1. The largest absolute Gasteiger partial charge is 0.481 e. The van der Waals surface area contributed by atoms with Gasteiger partial charge < -0.3 is 25.4 Å². The summed E-state index contributed by atoms with van der Waals surface area (Å²) in [5.74, 6) is -2.36. The predicted molar refractivity (Wildman–Crippen MR) is 130 cm³/mol. The molecule has 3 N–H and O–H groups in total. The Hall–Kier alpha value is -2.75. The second-order valence-electron chi connectivity index (χ2n) is 9.15. The number of nitrogens with one attached hydrogen (secondary N) is 2. The third-order valence-electron chi connectivity index (χ3n) is 5.23. The number of hydrogen-bond acceptors (Lipinski definition) is 6. The van der Waals surface area contributed by atoms with Crippen LogP contribution in [0.5, 0.6) is 0 Å². The van der Waals surface area contributed by atoms with E-state index in [1.807, 2.05) is 0 Å². The van der Waals surface area contributed by atoms with E-state index in [2.05, 4.69) is 17.6 Å². The maximum absolute atomic E-state index is 13.0. The van der Waals surface area contributed by atoms with E-state index in [-0.39, 0.29) is 24.4 Å². The summed E-state index contributed by atoms with van der Waals surface area (Å²) in [6, 6.07) is 7.24. The zero-order chi connectivity index (χ0) is 25.3. The Morgan fingerprint density at radius 1 is 1.18 bits per heavy atom. The van der Waals surface area contributed by atoms with Crippen LogP contribution in [0.3, 0.4) is 0 Å². The highest BCUT2D eigenvalue weighted by atomic mass is 32.2. The monoisotopic (exact) mass is 493 g/mol. The summed E-state index contributed by atoms with van der Waals surface area (Å²) in [5.41, 5.74) is -0.102. The van der Waals surface area contributed by atoms with Gasteiger partial charge in [0.05, 0.1) is 17.8 Å². The van der Waals surface area contributed by atoms with Gasteiger partial charge in [0.2, 0.25) is 5.91 Å². The number of benzene rings is 1. The molecule has 1 heterocycles. The zero-order valence-corrected chi connectivity index (χ0v) is 21.0. The molecule has 0 aromatic heterocycles. The van der Waals surface area contributed by atoms with Crippen LogP contribution in [0.1, 0.15) is 58.4 Å². The summed E-state index contributed by atoms with van der Waals surface area (Å²) >= 11 is 1.54. The van der Waals surface area contributed by atoms with Crippen LogP contribution >= 0.6 is 11.8 Å². The van der Waals surface area contributed by atoms with Gasteiger partial charge in [-0.15, -0.1) is 11.8 Å². The maximum Gasteiger partial charge on any atom is 0.330 e. The number of ether oxygens (including phenoxy) is 1. The lowest BCUT2D eigenvalue weighted by Gasteiger charge is -2.30. The molecule has 1 aliphatic heterocycles. The molecule has 2 unspecified atom stereocenters. The van der Waals surface area contributed by atoms with Gasteiger partial charge in [-0.1, -0.05) is 50.1 Å². The second-order valence-corrected chi connectivity index (χ2v) is 10.4. The van der Waals surface area contributed by atoms with E-state index in [4.69, 9.17) is 4.74 Å². The van der Waals surface area contributed by atoms with Gasteiger partial charge in [0.15, 0.2) is 0 Å². The second kappa shape index (κ2) is 12.6. The minimum Gasteiger partial charge on any atom is -0.481 e. The Kier molecular flexibility index (Phi) is 10.2. The number of carbonyl (C=O) groups is 4. The third kappa shape index (κ3) is 8.23. The van der Waals surface area contributed by atoms with Crippen molar-refractivity contribution in [3.05, 3.63) is 35.9 Å². The molecule has 10 heteroatoms. The zero-order valence-electron chi connectivity index (χ0n) is 20.2. The molecule has 1 fully saturated rings. The quantitative estimate of drug-likeness (QED) is 0.428. The predicted octanol–water partition coefficient (Wildman–Crippen LogP) is 2.96. The number of unbranched alkanes of at least 4 members (excludes halogenated alkanes) is 1. The molecule has 1 saturated heterocycles. The van der Waals surface area contributed by atoms with Crippen LogP contribution in [0.4, 0.5) is 4.79 Å². The van der Waals surface area contributed by atoms with Gasteiger partial charge in [-0.05, 0) is 32.8 Å². The maximum atomic E-state index is 13.0. The van der Waals surface area contributed by atoms with E-state index in [0.717, 1.165) is 19.3 Å². The van der Waals surface area contributed by atoms with Gasteiger partial charge in [0.1, 0.15) is 11.6 Å². The van der Waals surface area contributed by atoms with Gasteiger partial charge in [-0.2, -0.15) is 0 Å². The molecule has 1 aromatic rings. The molecule has 2 rings (SSSR count). The average Bonchev–Trinajstić information content (AvgIpc) is 3.19. The molecule has 188 valence electrons. The lowest BCUT2D eigenvalue weighted by molar-refractivity contribution is -0.163. The van der Waals surface area contributed by atoms with Crippen molar-refractivity contribution in [2.75, 3.05) is 18.8 Å². The molecular weight excluding hydrogens is 458 g/mol. The topological polar surface area (TPSA) is 125 Å². The highest BCUT2D eigenvalue weighted by Gasteiger charge is 2.42. The Morgan fingerprint density at radius 3 is 2.44 bits per heavy atom. The number of urea groups is 1. The highest BCUT2D eigenvalue weighted by molar-refractivity contribution is 8.00. The minimum absolute atomic E-state index is 0.126. The molecule has 1 aliphatic rings. The van der Waals surface area contributed by atoms with Crippen molar-refractivity contribution in [1.82, 2.24) is 15.5 Å². The van der Waals surface area contributed by atoms with Crippen molar-refractivity contribution in [2.45, 2.75) is 69.9 Å². The number of carboxylic acid groups (broad SMARTS) is 1. The fourth-order valence-corrected chi connectivity index (χ4v) is 5.05. The first-order valence-electron chi connectivity index (χ1n) is 11.5. The molecule has 9 nitrogen and oxygen atoms in total. The average molecular weight is 494 g/mol. The molecule has 3 amide bonds. The van der Waals surface area contributed by atoms with Crippen LogP contribution in [0.25, 0.3) is 0 Å². The molecule has 1 aromatic carbocycles.